The largest absolute Gasteiger partial charge is 0.396 e. The van der Waals surface area contributed by atoms with Gasteiger partial charge in [0, 0.05) is 12.5 Å². The van der Waals surface area contributed by atoms with E-state index in [1.54, 1.807) is 0 Å². The molecule has 0 saturated carbocycles. The van der Waals surface area contributed by atoms with Crippen molar-refractivity contribution in [2.75, 3.05) is 6.61 Å². The number of aliphatic hydroxyl groups excluding tert-OH is 1. The molecule has 1 unspecified atom stereocenters. The Bertz CT molecular complexity index is 607. The Kier molecular flexibility index (Phi) is 5.59. The Morgan fingerprint density at radius 3 is 2.57 bits per heavy atom. The normalized spacial score (nSPS) is 12.6. The lowest BCUT2D eigenvalue weighted by atomic mass is 9.91. The molecule has 0 fully saturated rings. The average molecular weight is 351 g/mol. The maximum absolute atomic E-state index is 9.84. The second-order valence-corrected chi connectivity index (χ2v) is 6.11. The lowest BCUT2D eigenvalue weighted by Gasteiger charge is -2.18. The van der Waals surface area contributed by atoms with Crippen LogP contribution in [0.4, 0.5) is 0 Å². The number of hydrogen-bond donors (Lipinski definition) is 1. The molecule has 0 aliphatic heterocycles. The van der Waals surface area contributed by atoms with Gasteiger partial charge < -0.3 is 5.11 Å². The van der Waals surface area contributed by atoms with E-state index in [2.05, 4.69) is 53.9 Å². The van der Waals surface area contributed by atoms with E-state index in [-0.39, 0.29) is 12.5 Å². The highest BCUT2D eigenvalue weighted by molar-refractivity contribution is 9.10. The highest BCUT2D eigenvalue weighted by Gasteiger charge is 2.20. The quantitative estimate of drug-likeness (QED) is 0.858. The molecule has 1 atom stereocenters. The van der Waals surface area contributed by atoms with Gasteiger partial charge in [-0.05, 0) is 53.7 Å². The van der Waals surface area contributed by atoms with Crippen molar-refractivity contribution in [2.24, 2.45) is 0 Å². The van der Waals surface area contributed by atoms with Gasteiger partial charge in [-0.2, -0.15) is 5.10 Å². The molecule has 0 spiro atoms. The first-order chi connectivity index (χ1) is 10.1. The number of aryl methyl sites for hydroxylation is 3. The summed E-state index contributed by atoms with van der Waals surface area (Å²) in [6, 6.07) is 8.28. The third kappa shape index (κ3) is 3.38. The van der Waals surface area contributed by atoms with Gasteiger partial charge in [-0.15, -0.1) is 0 Å². The molecule has 0 saturated heterocycles. The number of benzene rings is 1. The van der Waals surface area contributed by atoms with Crippen molar-refractivity contribution in [1.82, 2.24) is 9.78 Å². The van der Waals surface area contributed by atoms with Crippen LogP contribution in [-0.4, -0.2) is 21.5 Å². The van der Waals surface area contributed by atoms with Gasteiger partial charge in [0.15, 0.2) is 0 Å². The van der Waals surface area contributed by atoms with Crippen LogP contribution in [0.5, 0.6) is 0 Å². The first kappa shape index (κ1) is 16.2. The summed E-state index contributed by atoms with van der Waals surface area (Å²) in [6.07, 6.45) is 1.71. The number of hydrogen-bond acceptors (Lipinski definition) is 2. The molecule has 1 heterocycles. The second kappa shape index (κ2) is 7.23. The monoisotopic (exact) mass is 350 g/mol. The predicted molar refractivity (Wildman–Crippen MR) is 89.7 cm³/mol. The van der Waals surface area contributed by atoms with Gasteiger partial charge in [0.2, 0.25) is 0 Å². The van der Waals surface area contributed by atoms with E-state index in [9.17, 15) is 5.11 Å². The molecular formula is C17H23BrN2O. The molecule has 0 bridgehead atoms. The highest BCUT2D eigenvalue weighted by atomic mass is 79.9. The van der Waals surface area contributed by atoms with E-state index >= 15 is 0 Å². The smallest absolute Gasteiger partial charge is 0.0766 e. The summed E-state index contributed by atoms with van der Waals surface area (Å²) in [4.78, 5) is 0. The molecule has 0 radical (unpaired) electrons. The average Bonchev–Trinajstić information content (AvgIpc) is 2.81. The molecule has 114 valence electrons. The predicted octanol–water partition coefficient (Wildman–Crippen LogP) is 3.85. The zero-order valence-electron chi connectivity index (χ0n) is 12.9. The van der Waals surface area contributed by atoms with Crippen molar-refractivity contribution in [1.29, 1.82) is 0 Å². The first-order valence-electron chi connectivity index (χ1n) is 7.52. The minimum Gasteiger partial charge on any atom is -0.396 e. The van der Waals surface area contributed by atoms with E-state index in [1.165, 1.54) is 16.8 Å². The lowest BCUT2D eigenvalue weighted by molar-refractivity contribution is 0.262. The van der Waals surface area contributed by atoms with E-state index in [0.29, 0.717) is 0 Å². The molecule has 0 aliphatic rings. The van der Waals surface area contributed by atoms with Crippen LogP contribution < -0.4 is 0 Å². The lowest BCUT2D eigenvalue weighted by Crippen LogP contribution is -2.13. The molecular weight excluding hydrogens is 328 g/mol. The number of halogens is 1. The van der Waals surface area contributed by atoms with Crippen molar-refractivity contribution in [3.05, 3.63) is 51.3 Å². The van der Waals surface area contributed by atoms with Crippen molar-refractivity contribution < 1.29 is 5.11 Å². The zero-order chi connectivity index (χ0) is 15.4. The summed E-state index contributed by atoms with van der Waals surface area (Å²) in [7, 11) is 0. The van der Waals surface area contributed by atoms with Gasteiger partial charge in [-0.3, -0.25) is 4.68 Å². The van der Waals surface area contributed by atoms with Crippen LogP contribution in [0.2, 0.25) is 0 Å². The Hall–Kier alpha value is -1.13. The fourth-order valence-electron chi connectivity index (χ4n) is 2.76. The van der Waals surface area contributed by atoms with Crippen LogP contribution in [0, 0.1) is 6.92 Å². The molecule has 1 aromatic carbocycles. The van der Waals surface area contributed by atoms with Crippen molar-refractivity contribution in [3.63, 3.8) is 0 Å². The van der Waals surface area contributed by atoms with Gasteiger partial charge >= 0.3 is 0 Å². The van der Waals surface area contributed by atoms with Gasteiger partial charge in [0.1, 0.15) is 0 Å². The Labute approximate surface area is 135 Å². The third-order valence-corrected chi connectivity index (χ3v) is 4.90. The molecule has 2 rings (SSSR count). The highest BCUT2D eigenvalue weighted by Crippen LogP contribution is 2.29. The summed E-state index contributed by atoms with van der Waals surface area (Å²) in [6.45, 7) is 7.31. The topological polar surface area (TPSA) is 38.0 Å². The number of nitrogens with zero attached hydrogens (tertiary/aromatic N) is 2. The minimum atomic E-state index is 0.106. The molecule has 0 aliphatic carbocycles. The molecule has 1 aromatic heterocycles. The van der Waals surface area contributed by atoms with Crippen LogP contribution in [0.25, 0.3) is 0 Å². The summed E-state index contributed by atoms with van der Waals surface area (Å²) in [5.74, 6) is 0.106. The minimum absolute atomic E-state index is 0.106. The summed E-state index contributed by atoms with van der Waals surface area (Å²) in [5, 5.41) is 14.5. The summed E-state index contributed by atoms with van der Waals surface area (Å²) in [5.41, 5.74) is 4.71. The van der Waals surface area contributed by atoms with Crippen molar-refractivity contribution >= 4 is 15.9 Å². The van der Waals surface area contributed by atoms with Crippen LogP contribution in [-0.2, 0) is 19.4 Å². The molecule has 2 aromatic rings. The molecule has 4 heteroatoms. The van der Waals surface area contributed by atoms with E-state index in [4.69, 9.17) is 0 Å². The fraction of sp³-hybridized carbons (Fsp3) is 0.471. The van der Waals surface area contributed by atoms with Gasteiger partial charge in [-0.25, -0.2) is 0 Å². The molecule has 3 nitrogen and oxygen atoms in total. The summed E-state index contributed by atoms with van der Waals surface area (Å²) < 4.78 is 3.14. The van der Waals surface area contributed by atoms with Crippen molar-refractivity contribution in [2.45, 2.75) is 46.1 Å². The van der Waals surface area contributed by atoms with Crippen LogP contribution in [0.15, 0.2) is 28.7 Å². The van der Waals surface area contributed by atoms with Gasteiger partial charge in [0.25, 0.3) is 0 Å². The molecule has 0 amide bonds. The SMILES string of the molecule is CCc1nn(CC)c(CC(CO)c2ccccc2C)c1Br. The van der Waals surface area contributed by atoms with Gasteiger partial charge in [0.05, 0.1) is 22.5 Å². The van der Waals surface area contributed by atoms with Crippen molar-refractivity contribution in [3.8, 4) is 0 Å². The number of rotatable bonds is 6. The van der Waals surface area contributed by atoms with Crippen LogP contribution >= 0.6 is 15.9 Å². The second-order valence-electron chi connectivity index (χ2n) is 5.32. The van der Waals surface area contributed by atoms with E-state index in [0.717, 1.165) is 29.6 Å². The van der Waals surface area contributed by atoms with Gasteiger partial charge in [-0.1, -0.05) is 31.2 Å². The van der Waals surface area contributed by atoms with E-state index < -0.39 is 0 Å². The zero-order valence-corrected chi connectivity index (χ0v) is 14.5. The first-order valence-corrected chi connectivity index (χ1v) is 8.32. The standard InChI is InChI=1S/C17H23BrN2O/c1-4-15-17(18)16(20(5-2)19-15)10-13(11-21)14-9-7-6-8-12(14)3/h6-9,13,21H,4-5,10-11H2,1-3H3. The number of aromatic nitrogens is 2. The number of aliphatic hydroxyl groups is 1. The maximum atomic E-state index is 9.84. The Morgan fingerprint density at radius 2 is 2.00 bits per heavy atom. The van der Waals surface area contributed by atoms with E-state index in [1.807, 2.05) is 16.8 Å². The maximum Gasteiger partial charge on any atom is 0.0766 e. The Balaban J connectivity index is 2.35. The molecule has 21 heavy (non-hydrogen) atoms. The Morgan fingerprint density at radius 1 is 1.29 bits per heavy atom. The molecule has 1 N–H and O–H groups in total. The third-order valence-electron chi connectivity index (χ3n) is 3.98. The fourth-order valence-corrected chi connectivity index (χ4v) is 3.49. The van der Waals surface area contributed by atoms with Crippen LogP contribution in [0.3, 0.4) is 0 Å². The summed E-state index contributed by atoms with van der Waals surface area (Å²) >= 11 is 3.69. The van der Waals surface area contributed by atoms with Crippen LogP contribution in [0.1, 0.15) is 42.3 Å².